The van der Waals surface area contributed by atoms with E-state index in [2.05, 4.69) is 23.2 Å². The molecule has 2 nitrogen and oxygen atoms in total. The van der Waals surface area contributed by atoms with Gasteiger partial charge in [-0.2, -0.15) is 0 Å². The number of rotatable bonds is 5. The van der Waals surface area contributed by atoms with E-state index >= 15 is 0 Å². The van der Waals surface area contributed by atoms with Crippen LogP contribution in [0.2, 0.25) is 10.0 Å². The van der Waals surface area contributed by atoms with E-state index < -0.39 is 0 Å². The van der Waals surface area contributed by atoms with Crippen LogP contribution in [0.4, 0.5) is 0 Å². The molecule has 0 aliphatic carbocycles. The first-order valence-corrected chi connectivity index (χ1v) is 8.21. The van der Waals surface area contributed by atoms with E-state index in [4.69, 9.17) is 23.2 Å². The van der Waals surface area contributed by atoms with Gasteiger partial charge in [0.2, 0.25) is 0 Å². The number of benzene rings is 1. The molecule has 112 valence electrons. The second-order valence-electron chi connectivity index (χ2n) is 5.69. The van der Waals surface area contributed by atoms with Crippen LogP contribution in [0.5, 0.6) is 0 Å². The number of halogens is 2. The zero-order valence-electron chi connectivity index (χ0n) is 12.3. The molecule has 1 heterocycles. The second kappa shape index (κ2) is 7.65. The molecule has 1 aromatic carbocycles. The lowest BCUT2D eigenvalue weighted by molar-refractivity contribution is 0.137. The molecule has 1 unspecified atom stereocenters. The maximum absolute atomic E-state index is 6.34. The van der Waals surface area contributed by atoms with Crippen molar-refractivity contribution in [2.24, 2.45) is 5.92 Å². The first-order chi connectivity index (χ1) is 9.63. The van der Waals surface area contributed by atoms with E-state index in [9.17, 15) is 0 Å². The predicted octanol–water partition coefficient (Wildman–Crippen LogP) is 4.38. The Bertz CT molecular complexity index is 428. The molecule has 0 amide bonds. The summed E-state index contributed by atoms with van der Waals surface area (Å²) in [5.41, 5.74) is 1.15. The molecule has 20 heavy (non-hydrogen) atoms. The van der Waals surface area contributed by atoms with Gasteiger partial charge in [0.05, 0.1) is 10.0 Å². The van der Waals surface area contributed by atoms with Crippen LogP contribution < -0.4 is 5.32 Å². The van der Waals surface area contributed by atoms with E-state index in [-0.39, 0.29) is 0 Å². The molecule has 0 saturated carbocycles. The van der Waals surface area contributed by atoms with Crippen LogP contribution >= 0.6 is 23.2 Å². The lowest BCUT2D eigenvalue weighted by Gasteiger charge is -2.36. The first-order valence-electron chi connectivity index (χ1n) is 7.46. The highest BCUT2D eigenvalue weighted by atomic mass is 35.5. The first kappa shape index (κ1) is 16.1. The van der Waals surface area contributed by atoms with Crippen LogP contribution in [-0.4, -0.2) is 31.6 Å². The molecule has 4 heteroatoms. The molecule has 1 aliphatic heterocycles. The van der Waals surface area contributed by atoms with Gasteiger partial charge < -0.3 is 5.32 Å². The van der Waals surface area contributed by atoms with Crippen LogP contribution in [0.15, 0.2) is 18.2 Å². The van der Waals surface area contributed by atoms with Gasteiger partial charge in [-0.3, -0.25) is 4.90 Å². The van der Waals surface area contributed by atoms with Crippen LogP contribution in [0.1, 0.15) is 37.8 Å². The number of hydrogen-bond acceptors (Lipinski definition) is 2. The summed E-state index contributed by atoms with van der Waals surface area (Å²) in [7, 11) is 2.03. The number of hydrogen-bond donors (Lipinski definition) is 1. The Morgan fingerprint density at radius 1 is 1.30 bits per heavy atom. The van der Waals surface area contributed by atoms with Crippen LogP contribution in [-0.2, 0) is 0 Å². The largest absolute Gasteiger partial charge is 0.320 e. The minimum Gasteiger partial charge on any atom is -0.320 e. The summed E-state index contributed by atoms with van der Waals surface area (Å²) in [5, 5.41) is 4.60. The molecule has 1 N–H and O–H groups in total. The van der Waals surface area contributed by atoms with Gasteiger partial charge in [0, 0.05) is 6.04 Å². The smallest absolute Gasteiger partial charge is 0.0640 e. The molecule has 1 aliphatic rings. The lowest BCUT2D eigenvalue weighted by atomic mass is 9.92. The highest BCUT2D eigenvalue weighted by Gasteiger charge is 2.24. The zero-order valence-corrected chi connectivity index (χ0v) is 13.8. The van der Waals surface area contributed by atoms with Gasteiger partial charge in [-0.25, -0.2) is 0 Å². The van der Waals surface area contributed by atoms with E-state index in [1.807, 2.05) is 19.2 Å². The molecule has 2 rings (SSSR count). The normalized spacial score (nSPS) is 19.2. The highest BCUT2D eigenvalue weighted by molar-refractivity contribution is 6.42. The Morgan fingerprint density at radius 2 is 2.00 bits per heavy atom. The Kier molecular flexibility index (Phi) is 6.16. The minimum atomic E-state index is 0.339. The maximum atomic E-state index is 6.34. The molecule has 0 aromatic heterocycles. The Labute approximate surface area is 132 Å². The van der Waals surface area contributed by atoms with Gasteiger partial charge in [0.15, 0.2) is 0 Å². The number of nitrogens with zero attached hydrogens (tertiary/aromatic N) is 1. The van der Waals surface area contributed by atoms with Crippen molar-refractivity contribution in [2.75, 3.05) is 26.7 Å². The average Bonchev–Trinajstić information content (AvgIpc) is 2.48. The minimum absolute atomic E-state index is 0.339. The fourth-order valence-corrected chi connectivity index (χ4v) is 3.48. The third kappa shape index (κ3) is 3.88. The molecule has 1 aromatic rings. The van der Waals surface area contributed by atoms with Crippen molar-refractivity contribution in [3.8, 4) is 0 Å². The predicted molar refractivity (Wildman–Crippen MR) is 87.7 cm³/mol. The SMILES string of the molecule is CNCCC1CCN(C(C)c2cccc(Cl)c2Cl)CC1. The van der Waals surface area contributed by atoms with Gasteiger partial charge in [-0.15, -0.1) is 0 Å². The quantitative estimate of drug-likeness (QED) is 0.867. The Morgan fingerprint density at radius 3 is 2.65 bits per heavy atom. The molecule has 0 radical (unpaired) electrons. The van der Waals surface area contributed by atoms with Crippen LogP contribution in [0, 0.1) is 5.92 Å². The number of likely N-dealkylation sites (tertiary alicyclic amines) is 1. The summed E-state index contributed by atoms with van der Waals surface area (Å²) >= 11 is 12.5. The summed E-state index contributed by atoms with van der Waals surface area (Å²) in [5.74, 6) is 0.862. The molecule has 0 spiro atoms. The maximum Gasteiger partial charge on any atom is 0.0640 e. The van der Waals surface area contributed by atoms with Crippen molar-refractivity contribution in [1.82, 2.24) is 10.2 Å². The number of piperidine rings is 1. The Balaban J connectivity index is 1.94. The summed E-state index contributed by atoms with van der Waals surface area (Å²) in [4.78, 5) is 2.52. The molecule has 0 bridgehead atoms. The average molecular weight is 315 g/mol. The highest BCUT2D eigenvalue weighted by Crippen LogP contribution is 2.34. The third-order valence-electron chi connectivity index (χ3n) is 4.43. The topological polar surface area (TPSA) is 15.3 Å². The van der Waals surface area contributed by atoms with Crippen molar-refractivity contribution >= 4 is 23.2 Å². The van der Waals surface area contributed by atoms with E-state index in [0.717, 1.165) is 31.1 Å². The van der Waals surface area contributed by atoms with Crippen molar-refractivity contribution in [1.29, 1.82) is 0 Å². The van der Waals surface area contributed by atoms with E-state index in [1.165, 1.54) is 19.3 Å². The van der Waals surface area contributed by atoms with Gasteiger partial charge >= 0.3 is 0 Å². The van der Waals surface area contributed by atoms with E-state index in [0.29, 0.717) is 16.1 Å². The van der Waals surface area contributed by atoms with Crippen LogP contribution in [0.3, 0.4) is 0 Å². The zero-order chi connectivity index (χ0) is 14.5. The second-order valence-corrected chi connectivity index (χ2v) is 6.48. The molecular weight excluding hydrogens is 291 g/mol. The summed E-state index contributed by atoms with van der Waals surface area (Å²) in [6, 6.07) is 6.27. The number of nitrogens with one attached hydrogen (secondary N) is 1. The van der Waals surface area contributed by atoms with Gasteiger partial charge in [0.25, 0.3) is 0 Å². The van der Waals surface area contributed by atoms with Crippen molar-refractivity contribution < 1.29 is 0 Å². The van der Waals surface area contributed by atoms with Gasteiger partial charge in [-0.05, 0) is 70.4 Å². The third-order valence-corrected chi connectivity index (χ3v) is 5.26. The Hall–Kier alpha value is -0.280. The molecular formula is C16H24Cl2N2. The van der Waals surface area contributed by atoms with Crippen molar-refractivity contribution in [3.63, 3.8) is 0 Å². The van der Waals surface area contributed by atoms with Gasteiger partial charge in [0.1, 0.15) is 0 Å². The molecule has 1 atom stereocenters. The summed E-state index contributed by atoms with van der Waals surface area (Å²) in [6.45, 7) is 5.66. The lowest BCUT2D eigenvalue weighted by Crippen LogP contribution is -2.36. The fourth-order valence-electron chi connectivity index (χ4n) is 3.02. The summed E-state index contributed by atoms with van der Waals surface area (Å²) in [6.07, 6.45) is 3.85. The van der Waals surface area contributed by atoms with Crippen molar-refractivity contribution in [3.05, 3.63) is 33.8 Å². The van der Waals surface area contributed by atoms with Crippen LogP contribution in [0.25, 0.3) is 0 Å². The monoisotopic (exact) mass is 314 g/mol. The summed E-state index contributed by atoms with van der Waals surface area (Å²) < 4.78 is 0. The standard InChI is InChI=1S/C16H24Cl2N2/c1-12(14-4-3-5-15(17)16(14)18)20-10-7-13(8-11-20)6-9-19-2/h3-5,12-13,19H,6-11H2,1-2H3. The van der Waals surface area contributed by atoms with Gasteiger partial charge in [-0.1, -0.05) is 35.3 Å². The van der Waals surface area contributed by atoms with E-state index in [1.54, 1.807) is 0 Å². The molecule has 1 fully saturated rings. The molecule has 1 saturated heterocycles. The van der Waals surface area contributed by atoms with Crippen molar-refractivity contribution in [2.45, 2.75) is 32.2 Å². The fraction of sp³-hybridized carbons (Fsp3) is 0.625.